The lowest BCUT2D eigenvalue weighted by Gasteiger charge is -2.26. The average Bonchev–Trinajstić information content (AvgIpc) is 2.87. The summed E-state index contributed by atoms with van der Waals surface area (Å²) in [4.78, 5) is 0.954. The zero-order valence-electron chi connectivity index (χ0n) is 11.8. The van der Waals surface area contributed by atoms with Gasteiger partial charge in [0.25, 0.3) is 0 Å². The summed E-state index contributed by atoms with van der Waals surface area (Å²) in [6, 6.07) is 8.32. The molecule has 1 aromatic carbocycles. The van der Waals surface area contributed by atoms with Gasteiger partial charge in [0.2, 0.25) is 10.0 Å². The summed E-state index contributed by atoms with van der Waals surface area (Å²) in [5.74, 6) is 0. The lowest BCUT2D eigenvalue weighted by atomic mass is 10.3. The number of nitrogens with two attached hydrogens (primary N) is 1. The first-order chi connectivity index (χ1) is 9.84. The highest BCUT2D eigenvalue weighted by Gasteiger charge is 2.31. The van der Waals surface area contributed by atoms with Gasteiger partial charge in [0.05, 0.1) is 10.7 Å². The minimum absolute atomic E-state index is 0.0167. The van der Waals surface area contributed by atoms with E-state index >= 15 is 0 Å². The van der Waals surface area contributed by atoms with Crippen LogP contribution in [0.2, 0.25) is 5.02 Å². The number of hydrogen-bond donors (Lipinski definition) is 1. The average molecular weight is 345 g/mol. The van der Waals surface area contributed by atoms with Gasteiger partial charge < -0.3 is 5.73 Å². The van der Waals surface area contributed by atoms with Gasteiger partial charge in [-0.05, 0) is 37.4 Å². The van der Waals surface area contributed by atoms with Crippen molar-refractivity contribution in [1.29, 1.82) is 0 Å². The molecule has 0 bridgehead atoms. The van der Waals surface area contributed by atoms with Crippen molar-refractivity contribution < 1.29 is 8.42 Å². The highest BCUT2D eigenvalue weighted by molar-refractivity contribution is 7.89. The first kappa shape index (κ1) is 16.3. The smallest absolute Gasteiger partial charge is 0.247 e. The van der Waals surface area contributed by atoms with Crippen molar-refractivity contribution in [2.45, 2.75) is 31.3 Å². The van der Waals surface area contributed by atoms with Crippen LogP contribution in [0.3, 0.4) is 0 Å². The van der Waals surface area contributed by atoms with E-state index in [0.29, 0.717) is 6.54 Å². The van der Waals surface area contributed by atoms with Crippen molar-refractivity contribution >= 4 is 38.6 Å². The van der Waals surface area contributed by atoms with E-state index in [1.807, 2.05) is 31.4 Å². The molecule has 0 radical (unpaired) electrons. The summed E-state index contributed by atoms with van der Waals surface area (Å²) in [6.07, 6.45) is 0. The van der Waals surface area contributed by atoms with Gasteiger partial charge in [0.1, 0.15) is 4.90 Å². The number of halogens is 1. The van der Waals surface area contributed by atoms with Crippen LogP contribution in [0.25, 0.3) is 0 Å². The molecule has 0 aliphatic carbocycles. The van der Waals surface area contributed by atoms with Crippen molar-refractivity contribution in [3.63, 3.8) is 0 Å². The van der Waals surface area contributed by atoms with Crippen LogP contribution in [-0.4, -0.2) is 18.8 Å². The molecule has 1 heterocycles. The van der Waals surface area contributed by atoms with E-state index in [-0.39, 0.29) is 21.6 Å². The summed E-state index contributed by atoms with van der Waals surface area (Å²) >= 11 is 7.58. The molecule has 0 saturated heterocycles. The maximum Gasteiger partial charge on any atom is 0.247 e. The molecule has 0 fully saturated rings. The minimum Gasteiger partial charge on any atom is -0.398 e. The van der Waals surface area contributed by atoms with Gasteiger partial charge in [-0.15, -0.1) is 11.3 Å². The van der Waals surface area contributed by atoms with Crippen LogP contribution in [0, 0.1) is 0 Å². The highest BCUT2D eigenvalue weighted by atomic mass is 35.5. The SMILES string of the molecule is CC(C)N(Cc1cccs1)S(=O)(=O)c1c(N)cccc1Cl. The van der Waals surface area contributed by atoms with E-state index in [9.17, 15) is 8.42 Å². The summed E-state index contributed by atoms with van der Waals surface area (Å²) in [5.41, 5.74) is 6.00. The van der Waals surface area contributed by atoms with E-state index in [1.165, 1.54) is 21.7 Å². The van der Waals surface area contributed by atoms with Crippen LogP contribution < -0.4 is 5.73 Å². The van der Waals surface area contributed by atoms with Crippen LogP contribution in [0.15, 0.2) is 40.6 Å². The van der Waals surface area contributed by atoms with Crippen molar-refractivity contribution in [1.82, 2.24) is 4.31 Å². The van der Waals surface area contributed by atoms with Crippen molar-refractivity contribution in [3.8, 4) is 0 Å². The Balaban J connectivity index is 2.48. The second kappa shape index (κ2) is 6.36. The fourth-order valence-electron chi connectivity index (χ4n) is 2.02. The Morgan fingerprint density at radius 1 is 1.29 bits per heavy atom. The molecule has 0 unspecified atom stereocenters. The highest BCUT2D eigenvalue weighted by Crippen LogP contribution is 2.32. The molecule has 2 N–H and O–H groups in total. The first-order valence-electron chi connectivity index (χ1n) is 6.42. The van der Waals surface area contributed by atoms with E-state index < -0.39 is 10.0 Å². The fourth-order valence-corrected chi connectivity index (χ4v) is 5.05. The number of nitrogen functional groups attached to an aromatic ring is 1. The van der Waals surface area contributed by atoms with Crippen LogP contribution in [0.5, 0.6) is 0 Å². The molecule has 0 saturated carbocycles. The molecule has 0 aliphatic rings. The molecular formula is C14H17ClN2O2S2. The summed E-state index contributed by atoms with van der Waals surface area (Å²) in [5, 5.41) is 2.07. The minimum atomic E-state index is -3.75. The van der Waals surface area contributed by atoms with Crippen molar-refractivity contribution in [2.75, 3.05) is 5.73 Å². The Bertz CT molecular complexity index is 692. The maximum atomic E-state index is 12.9. The normalized spacial score (nSPS) is 12.2. The van der Waals surface area contributed by atoms with Gasteiger partial charge in [0.15, 0.2) is 0 Å². The quantitative estimate of drug-likeness (QED) is 0.843. The second-order valence-corrected chi connectivity index (χ2v) is 8.15. The standard InChI is InChI=1S/C14H17ClN2O2S2/c1-10(2)17(9-11-5-4-8-20-11)21(18,19)14-12(15)6-3-7-13(14)16/h3-8,10H,9,16H2,1-2H3. The third-order valence-corrected chi connectivity index (χ3v) is 6.46. The Kier molecular flexibility index (Phi) is 4.93. The van der Waals surface area contributed by atoms with Crippen LogP contribution in [0.4, 0.5) is 5.69 Å². The van der Waals surface area contributed by atoms with E-state index in [2.05, 4.69) is 0 Å². The molecule has 4 nitrogen and oxygen atoms in total. The molecule has 2 aromatic rings. The van der Waals surface area contributed by atoms with Crippen molar-refractivity contribution in [2.24, 2.45) is 0 Å². The Labute approximate surface area is 134 Å². The molecule has 0 atom stereocenters. The third-order valence-electron chi connectivity index (χ3n) is 3.03. The molecule has 0 amide bonds. The zero-order valence-corrected chi connectivity index (χ0v) is 14.2. The zero-order chi connectivity index (χ0) is 15.6. The molecular weight excluding hydrogens is 328 g/mol. The Morgan fingerprint density at radius 2 is 2.00 bits per heavy atom. The topological polar surface area (TPSA) is 63.4 Å². The van der Waals surface area contributed by atoms with Gasteiger partial charge in [-0.2, -0.15) is 4.31 Å². The van der Waals surface area contributed by atoms with E-state index in [4.69, 9.17) is 17.3 Å². The van der Waals surface area contributed by atoms with E-state index in [1.54, 1.807) is 12.1 Å². The number of sulfonamides is 1. The van der Waals surface area contributed by atoms with Crippen LogP contribution in [0.1, 0.15) is 18.7 Å². The first-order valence-corrected chi connectivity index (χ1v) is 9.12. The number of benzene rings is 1. The number of rotatable bonds is 5. The van der Waals surface area contributed by atoms with E-state index in [0.717, 1.165) is 4.88 Å². The molecule has 0 spiro atoms. The number of hydrogen-bond acceptors (Lipinski definition) is 4. The van der Waals surface area contributed by atoms with Gasteiger partial charge >= 0.3 is 0 Å². The summed E-state index contributed by atoms with van der Waals surface area (Å²) < 4.78 is 27.2. The Hall–Kier alpha value is -1.08. The number of anilines is 1. The molecule has 21 heavy (non-hydrogen) atoms. The van der Waals surface area contributed by atoms with Gasteiger partial charge in [-0.3, -0.25) is 0 Å². The monoisotopic (exact) mass is 344 g/mol. The van der Waals surface area contributed by atoms with Crippen LogP contribution >= 0.6 is 22.9 Å². The molecule has 0 aliphatic heterocycles. The molecule has 114 valence electrons. The molecule has 7 heteroatoms. The fraction of sp³-hybridized carbons (Fsp3) is 0.286. The predicted octanol–water partition coefficient (Wildman–Crippen LogP) is 3.58. The maximum absolute atomic E-state index is 12.9. The van der Waals surface area contributed by atoms with Crippen LogP contribution in [-0.2, 0) is 16.6 Å². The lowest BCUT2D eigenvalue weighted by Crippen LogP contribution is -2.36. The third kappa shape index (κ3) is 3.40. The Morgan fingerprint density at radius 3 is 2.52 bits per heavy atom. The largest absolute Gasteiger partial charge is 0.398 e. The number of nitrogens with zero attached hydrogens (tertiary/aromatic N) is 1. The molecule has 2 rings (SSSR count). The van der Waals surface area contributed by atoms with Crippen molar-refractivity contribution in [3.05, 3.63) is 45.6 Å². The predicted molar refractivity (Wildman–Crippen MR) is 88.0 cm³/mol. The molecule has 1 aromatic heterocycles. The summed E-state index contributed by atoms with van der Waals surface area (Å²) in [6.45, 7) is 3.97. The van der Waals surface area contributed by atoms with Gasteiger partial charge in [-0.1, -0.05) is 23.7 Å². The summed E-state index contributed by atoms with van der Waals surface area (Å²) in [7, 11) is -3.75. The van der Waals surface area contributed by atoms with Gasteiger partial charge in [0, 0.05) is 17.5 Å². The second-order valence-electron chi connectivity index (χ2n) is 4.88. The van der Waals surface area contributed by atoms with Gasteiger partial charge in [-0.25, -0.2) is 8.42 Å². The number of thiophene rings is 1. The lowest BCUT2D eigenvalue weighted by molar-refractivity contribution is 0.351.